The Labute approximate surface area is 110 Å². The zero-order chi connectivity index (χ0) is 13.1. The van der Waals surface area contributed by atoms with Gasteiger partial charge in [-0.2, -0.15) is 0 Å². The third-order valence-electron chi connectivity index (χ3n) is 4.08. The fourth-order valence-electron chi connectivity index (χ4n) is 2.70. The number of hydrogen-bond donors (Lipinski definition) is 1. The van der Waals surface area contributed by atoms with Crippen LogP contribution in [0.1, 0.15) is 62.6 Å². The second-order valence-electron chi connectivity index (χ2n) is 5.72. The van der Waals surface area contributed by atoms with Crippen LogP contribution in [-0.4, -0.2) is 5.78 Å². The predicted octanol–water partition coefficient (Wildman–Crippen LogP) is 3.57. The third-order valence-corrected chi connectivity index (χ3v) is 4.08. The van der Waals surface area contributed by atoms with Crippen LogP contribution in [-0.2, 0) is 4.79 Å². The average Bonchev–Trinajstić information content (AvgIpc) is 2.39. The summed E-state index contributed by atoms with van der Waals surface area (Å²) in [5.74, 6) is 1.42. The van der Waals surface area contributed by atoms with Crippen molar-refractivity contribution >= 4 is 5.78 Å². The molecule has 2 nitrogen and oxygen atoms in total. The average molecular weight is 245 g/mol. The molecule has 0 spiro atoms. The van der Waals surface area contributed by atoms with Crippen LogP contribution in [0.2, 0.25) is 0 Å². The molecule has 0 amide bonds. The molecule has 1 aliphatic carbocycles. The standard InChI is InChI=1S/C16H23NO/c1-11(2)12-3-5-13(6-4-12)16(17)14-7-9-15(18)10-8-14/h3-6,11,14,16H,7-10,17H2,1-2H3. The van der Waals surface area contributed by atoms with Gasteiger partial charge in [-0.15, -0.1) is 0 Å². The maximum atomic E-state index is 11.2. The second kappa shape index (κ2) is 5.66. The highest BCUT2D eigenvalue weighted by Crippen LogP contribution is 2.32. The molecule has 0 bridgehead atoms. The van der Waals surface area contributed by atoms with Crippen LogP contribution in [0, 0.1) is 5.92 Å². The SMILES string of the molecule is CC(C)c1ccc(C(N)C2CCC(=O)CC2)cc1. The molecule has 1 fully saturated rings. The summed E-state index contributed by atoms with van der Waals surface area (Å²) in [6, 6.07) is 8.73. The first kappa shape index (κ1) is 13.3. The van der Waals surface area contributed by atoms with Gasteiger partial charge in [-0.05, 0) is 35.8 Å². The van der Waals surface area contributed by atoms with E-state index < -0.39 is 0 Å². The maximum Gasteiger partial charge on any atom is 0.132 e. The van der Waals surface area contributed by atoms with Crippen molar-refractivity contribution < 1.29 is 4.79 Å². The van der Waals surface area contributed by atoms with Gasteiger partial charge in [-0.1, -0.05) is 38.1 Å². The van der Waals surface area contributed by atoms with Crippen molar-refractivity contribution in [2.75, 3.05) is 0 Å². The van der Waals surface area contributed by atoms with Crippen molar-refractivity contribution in [2.24, 2.45) is 11.7 Å². The minimum atomic E-state index is 0.0827. The van der Waals surface area contributed by atoms with Crippen molar-refractivity contribution in [3.05, 3.63) is 35.4 Å². The molecule has 0 aromatic heterocycles. The normalized spacial score (nSPS) is 19.2. The van der Waals surface area contributed by atoms with E-state index in [1.54, 1.807) is 0 Å². The van der Waals surface area contributed by atoms with Crippen LogP contribution in [0.15, 0.2) is 24.3 Å². The van der Waals surface area contributed by atoms with E-state index >= 15 is 0 Å². The number of rotatable bonds is 3. The van der Waals surface area contributed by atoms with Crippen LogP contribution in [0.4, 0.5) is 0 Å². The number of carbonyl (C=O) groups excluding carboxylic acids is 1. The zero-order valence-corrected chi connectivity index (χ0v) is 11.4. The van der Waals surface area contributed by atoms with Crippen molar-refractivity contribution in [2.45, 2.75) is 51.5 Å². The highest BCUT2D eigenvalue weighted by molar-refractivity contribution is 5.79. The molecular formula is C16H23NO. The van der Waals surface area contributed by atoms with Gasteiger partial charge in [0.15, 0.2) is 0 Å². The van der Waals surface area contributed by atoms with E-state index in [1.165, 1.54) is 11.1 Å². The van der Waals surface area contributed by atoms with E-state index in [-0.39, 0.29) is 6.04 Å². The molecule has 98 valence electrons. The molecule has 2 rings (SSSR count). The van der Waals surface area contributed by atoms with Gasteiger partial charge in [0.05, 0.1) is 0 Å². The molecule has 18 heavy (non-hydrogen) atoms. The number of carbonyl (C=O) groups is 1. The van der Waals surface area contributed by atoms with Gasteiger partial charge in [-0.3, -0.25) is 4.79 Å². The molecule has 1 saturated carbocycles. The van der Waals surface area contributed by atoms with Crippen molar-refractivity contribution in [3.8, 4) is 0 Å². The lowest BCUT2D eigenvalue weighted by atomic mass is 9.81. The topological polar surface area (TPSA) is 43.1 Å². The Morgan fingerprint density at radius 2 is 1.56 bits per heavy atom. The van der Waals surface area contributed by atoms with Crippen molar-refractivity contribution in [1.29, 1.82) is 0 Å². The Balaban J connectivity index is 2.04. The van der Waals surface area contributed by atoms with Crippen molar-refractivity contribution in [3.63, 3.8) is 0 Å². The molecular weight excluding hydrogens is 222 g/mol. The molecule has 0 heterocycles. The number of hydrogen-bond acceptors (Lipinski definition) is 2. The summed E-state index contributed by atoms with van der Waals surface area (Å²) in [6.45, 7) is 4.39. The van der Waals surface area contributed by atoms with E-state index in [0.29, 0.717) is 30.5 Å². The van der Waals surface area contributed by atoms with Crippen LogP contribution in [0.5, 0.6) is 0 Å². The number of ketones is 1. The first-order valence-electron chi connectivity index (χ1n) is 6.95. The lowest BCUT2D eigenvalue weighted by molar-refractivity contribution is -0.121. The summed E-state index contributed by atoms with van der Waals surface area (Å²) >= 11 is 0. The molecule has 1 aromatic carbocycles. The Kier molecular flexibility index (Phi) is 4.18. The Bertz CT molecular complexity index is 398. The molecule has 1 aromatic rings. The van der Waals surface area contributed by atoms with Gasteiger partial charge in [0, 0.05) is 18.9 Å². The molecule has 2 N–H and O–H groups in total. The first-order chi connectivity index (χ1) is 8.58. The summed E-state index contributed by atoms with van der Waals surface area (Å²) in [5, 5.41) is 0. The quantitative estimate of drug-likeness (QED) is 0.884. The summed E-state index contributed by atoms with van der Waals surface area (Å²) in [5.41, 5.74) is 8.89. The minimum Gasteiger partial charge on any atom is -0.324 e. The van der Waals surface area contributed by atoms with E-state index in [4.69, 9.17) is 5.73 Å². The van der Waals surface area contributed by atoms with E-state index in [1.807, 2.05) is 0 Å². The molecule has 2 heteroatoms. The number of nitrogens with two attached hydrogens (primary N) is 1. The lowest BCUT2D eigenvalue weighted by Crippen LogP contribution is -2.26. The smallest absolute Gasteiger partial charge is 0.132 e. The predicted molar refractivity (Wildman–Crippen MR) is 74.4 cm³/mol. The van der Waals surface area contributed by atoms with Crippen LogP contribution in [0.25, 0.3) is 0 Å². The van der Waals surface area contributed by atoms with Crippen LogP contribution < -0.4 is 5.73 Å². The fraction of sp³-hybridized carbons (Fsp3) is 0.562. The molecule has 1 atom stereocenters. The van der Waals surface area contributed by atoms with Gasteiger partial charge in [0.2, 0.25) is 0 Å². The maximum absolute atomic E-state index is 11.2. The Morgan fingerprint density at radius 3 is 2.06 bits per heavy atom. The number of Topliss-reactive ketones (excluding diaryl/α,β-unsaturated/α-hetero) is 1. The molecule has 0 aliphatic heterocycles. The molecule has 1 unspecified atom stereocenters. The van der Waals surface area contributed by atoms with Gasteiger partial charge >= 0.3 is 0 Å². The van der Waals surface area contributed by atoms with Crippen molar-refractivity contribution in [1.82, 2.24) is 0 Å². The largest absolute Gasteiger partial charge is 0.324 e. The molecule has 1 aliphatic rings. The minimum absolute atomic E-state index is 0.0827. The van der Waals surface area contributed by atoms with Gasteiger partial charge in [0.1, 0.15) is 5.78 Å². The summed E-state index contributed by atoms with van der Waals surface area (Å²) in [4.78, 5) is 11.2. The van der Waals surface area contributed by atoms with E-state index in [0.717, 1.165) is 12.8 Å². The van der Waals surface area contributed by atoms with Crippen LogP contribution >= 0.6 is 0 Å². The third kappa shape index (κ3) is 2.99. The highest BCUT2D eigenvalue weighted by atomic mass is 16.1. The fourth-order valence-corrected chi connectivity index (χ4v) is 2.70. The van der Waals surface area contributed by atoms with E-state index in [9.17, 15) is 4.79 Å². The monoisotopic (exact) mass is 245 g/mol. The second-order valence-corrected chi connectivity index (χ2v) is 5.72. The molecule has 0 radical (unpaired) electrons. The van der Waals surface area contributed by atoms with Crippen LogP contribution in [0.3, 0.4) is 0 Å². The molecule has 0 saturated heterocycles. The number of benzene rings is 1. The summed E-state index contributed by atoms with van der Waals surface area (Å²) in [7, 11) is 0. The zero-order valence-electron chi connectivity index (χ0n) is 11.4. The Hall–Kier alpha value is -1.15. The summed E-state index contributed by atoms with van der Waals surface area (Å²) in [6.07, 6.45) is 3.32. The first-order valence-corrected chi connectivity index (χ1v) is 6.95. The van der Waals surface area contributed by atoms with Gasteiger partial charge < -0.3 is 5.73 Å². The van der Waals surface area contributed by atoms with Gasteiger partial charge in [-0.25, -0.2) is 0 Å². The Morgan fingerprint density at radius 1 is 1.06 bits per heavy atom. The lowest BCUT2D eigenvalue weighted by Gasteiger charge is -2.27. The van der Waals surface area contributed by atoms with E-state index in [2.05, 4.69) is 38.1 Å². The summed E-state index contributed by atoms with van der Waals surface area (Å²) < 4.78 is 0. The highest BCUT2D eigenvalue weighted by Gasteiger charge is 2.24. The van der Waals surface area contributed by atoms with Gasteiger partial charge in [0.25, 0.3) is 0 Å².